The molecule has 5 nitrogen and oxygen atoms in total. The third-order valence-electron chi connectivity index (χ3n) is 4.14. The summed E-state index contributed by atoms with van der Waals surface area (Å²) in [5.41, 5.74) is 5.16. The van der Waals surface area contributed by atoms with Crippen LogP contribution >= 0.6 is 0 Å². The predicted molar refractivity (Wildman–Crippen MR) is 99.0 cm³/mol. The zero-order valence-corrected chi connectivity index (χ0v) is 15.3. The summed E-state index contributed by atoms with van der Waals surface area (Å²) in [6.07, 6.45) is 0. The van der Waals surface area contributed by atoms with E-state index in [1.807, 2.05) is 44.2 Å². The molecular formula is C20H24N2O3. The van der Waals surface area contributed by atoms with Gasteiger partial charge in [0.1, 0.15) is 19.5 Å². The summed E-state index contributed by atoms with van der Waals surface area (Å²) < 4.78 is 6.09. The Labute approximate surface area is 148 Å². The fourth-order valence-corrected chi connectivity index (χ4v) is 2.60. The molecule has 0 unspecified atom stereocenters. The van der Waals surface area contributed by atoms with Gasteiger partial charge in [0.15, 0.2) is 5.71 Å². The van der Waals surface area contributed by atoms with E-state index in [0.29, 0.717) is 12.2 Å². The summed E-state index contributed by atoms with van der Waals surface area (Å²) in [4.78, 5) is 17.0. The molecule has 0 bridgehead atoms. The highest BCUT2D eigenvalue weighted by Crippen LogP contribution is 2.27. The van der Waals surface area contributed by atoms with E-state index in [0.717, 1.165) is 22.4 Å². The summed E-state index contributed by atoms with van der Waals surface area (Å²) in [6.45, 7) is 6.47. The summed E-state index contributed by atoms with van der Waals surface area (Å²) >= 11 is 0. The molecular weight excluding hydrogens is 316 g/mol. The first-order valence-electron chi connectivity index (χ1n) is 8.10. The van der Waals surface area contributed by atoms with Crippen LogP contribution in [0.25, 0.3) is 0 Å². The van der Waals surface area contributed by atoms with E-state index in [9.17, 15) is 4.79 Å². The van der Waals surface area contributed by atoms with Gasteiger partial charge in [0.2, 0.25) is 0 Å². The highest BCUT2D eigenvalue weighted by atomic mass is 16.6. The number of rotatable bonds is 6. The molecule has 1 amide bonds. The first kappa shape index (κ1) is 18.5. The lowest BCUT2D eigenvalue weighted by atomic mass is 10.0. The maximum Gasteiger partial charge on any atom is 0.273 e. The highest BCUT2D eigenvalue weighted by Gasteiger charge is 2.18. The third-order valence-corrected chi connectivity index (χ3v) is 4.14. The first-order valence-corrected chi connectivity index (χ1v) is 8.10. The second-order valence-corrected chi connectivity index (χ2v) is 5.80. The molecule has 0 radical (unpaired) electrons. The zero-order chi connectivity index (χ0) is 18.4. The van der Waals surface area contributed by atoms with Gasteiger partial charge in [-0.3, -0.25) is 4.79 Å². The molecule has 132 valence electrons. The van der Waals surface area contributed by atoms with Crippen LogP contribution in [0.3, 0.4) is 0 Å². The molecule has 0 spiro atoms. The second-order valence-electron chi connectivity index (χ2n) is 5.80. The van der Waals surface area contributed by atoms with Gasteiger partial charge in [0, 0.05) is 12.6 Å². The minimum Gasteiger partial charge on any atom is -0.488 e. The number of hydrogen-bond donors (Lipinski definition) is 1. The lowest BCUT2D eigenvalue weighted by molar-refractivity contribution is -0.114. The summed E-state index contributed by atoms with van der Waals surface area (Å²) in [5, 5.41) is 6.46. The molecule has 25 heavy (non-hydrogen) atoms. The van der Waals surface area contributed by atoms with Crippen LogP contribution < -0.4 is 10.1 Å². The third kappa shape index (κ3) is 4.18. The Morgan fingerprint density at radius 2 is 1.76 bits per heavy atom. The zero-order valence-electron chi connectivity index (χ0n) is 15.3. The number of aryl methyl sites for hydroxylation is 2. The number of nitrogens with one attached hydrogen (secondary N) is 1. The van der Waals surface area contributed by atoms with Gasteiger partial charge in [0.05, 0.1) is 0 Å². The number of carbonyl (C=O) groups excluding carboxylic acids is 1. The van der Waals surface area contributed by atoms with Crippen molar-refractivity contribution in [2.24, 2.45) is 5.16 Å². The Balaban J connectivity index is 2.35. The van der Waals surface area contributed by atoms with Crippen LogP contribution in [-0.2, 0) is 16.2 Å². The van der Waals surface area contributed by atoms with E-state index in [2.05, 4.69) is 23.5 Å². The van der Waals surface area contributed by atoms with E-state index < -0.39 is 0 Å². The number of ether oxygens (including phenoxy) is 1. The molecule has 0 aromatic heterocycles. The quantitative estimate of drug-likeness (QED) is 0.648. The average Bonchev–Trinajstić information content (AvgIpc) is 2.63. The molecule has 0 atom stereocenters. The number of carbonyl (C=O) groups is 1. The molecule has 2 aromatic carbocycles. The standard InChI is InChI=1S/C20H24N2O3/c1-13-10-11-14(2)19(15(13)3)25-12-16-8-6-7-9-17(16)18(22-24-5)20(23)21-4/h6-11H,12H2,1-5H3,(H,21,23). The molecule has 0 aliphatic rings. The lowest BCUT2D eigenvalue weighted by Crippen LogP contribution is -2.29. The van der Waals surface area contributed by atoms with Crippen molar-refractivity contribution in [1.82, 2.24) is 5.32 Å². The number of likely N-dealkylation sites (N-methyl/N-ethyl adjacent to an activating group) is 1. The van der Waals surface area contributed by atoms with Crippen LogP contribution in [0.5, 0.6) is 5.75 Å². The Kier molecular flexibility index (Phi) is 6.17. The van der Waals surface area contributed by atoms with Crippen molar-refractivity contribution in [3.63, 3.8) is 0 Å². The van der Waals surface area contributed by atoms with Crippen LogP contribution in [0.2, 0.25) is 0 Å². The van der Waals surface area contributed by atoms with Crippen LogP contribution in [0.1, 0.15) is 27.8 Å². The predicted octanol–water partition coefficient (Wildman–Crippen LogP) is 3.29. The van der Waals surface area contributed by atoms with Gasteiger partial charge in [-0.05, 0) is 43.0 Å². The Hall–Kier alpha value is -2.82. The minimum absolute atomic E-state index is 0.224. The molecule has 0 heterocycles. The van der Waals surface area contributed by atoms with Crippen LogP contribution in [0, 0.1) is 20.8 Å². The van der Waals surface area contributed by atoms with Crippen LogP contribution in [0.15, 0.2) is 41.6 Å². The molecule has 1 N–H and O–H groups in total. The second kappa shape index (κ2) is 8.33. The fourth-order valence-electron chi connectivity index (χ4n) is 2.60. The smallest absolute Gasteiger partial charge is 0.273 e. The van der Waals surface area contributed by atoms with Crippen molar-refractivity contribution in [3.05, 3.63) is 64.2 Å². The molecule has 0 fully saturated rings. The number of nitrogens with zero attached hydrogens (tertiary/aromatic N) is 1. The molecule has 0 saturated carbocycles. The Morgan fingerprint density at radius 3 is 2.44 bits per heavy atom. The van der Waals surface area contributed by atoms with Crippen molar-refractivity contribution in [2.45, 2.75) is 27.4 Å². The number of oxime groups is 1. The van der Waals surface area contributed by atoms with Gasteiger partial charge < -0.3 is 14.9 Å². The van der Waals surface area contributed by atoms with Crippen molar-refractivity contribution >= 4 is 11.6 Å². The summed E-state index contributed by atoms with van der Waals surface area (Å²) in [5.74, 6) is 0.567. The van der Waals surface area contributed by atoms with E-state index in [4.69, 9.17) is 9.57 Å². The van der Waals surface area contributed by atoms with Crippen molar-refractivity contribution in [1.29, 1.82) is 0 Å². The maximum absolute atomic E-state index is 12.1. The van der Waals surface area contributed by atoms with E-state index in [-0.39, 0.29) is 11.6 Å². The van der Waals surface area contributed by atoms with Gasteiger partial charge >= 0.3 is 0 Å². The van der Waals surface area contributed by atoms with Crippen LogP contribution in [-0.4, -0.2) is 25.8 Å². The van der Waals surface area contributed by atoms with Crippen molar-refractivity contribution in [2.75, 3.05) is 14.2 Å². The van der Waals surface area contributed by atoms with E-state index in [1.165, 1.54) is 12.7 Å². The molecule has 0 aliphatic carbocycles. The van der Waals surface area contributed by atoms with E-state index >= 15 is 0 Å². The van der Waals surface area contributed by atoms with Gasteiger partial charge in [0.25, 0.3) is 5.91 Å². The highest BCUT2D eigenvalue weighted by molar-refractivity contribution is 6.45. The Bertz CT molecular complexity index is 798. The molecule has 0 saturated heterocycles. The minimum atomic E-state index is -0.308. The normalized spacial score (nSPS) is 11.2. The Morgan fingerprint density at radius 1 is 1.08 bits per heavy atom. The van der Waals surface area contributed by atoms with Crippen LogP contribution in [0.4, 0.5) is 0 Å². The maximum atomic E-state index is 12.1. The summed E-state index contributed by atoms with van der Waals surface area (Å²) in [7, 11) is 2.98. The lowest BCUT2D eigenvalue weighted by Gasteiger charge is -2.16. The van der Waals surface area contributed by atoms with E-state index in [1.54, 1.807) is 7.05 Å². The topological polar surface area (TPSA) is 59.9 Å². The number of benzene rings is 2. The monoisotopic (exact) mass is 340 g/mol. The fraction of sp³-hybridized carbons (Fsp3) is 0.300. The molecule has 2 rings (SSSR count). The van der Waals surface area contributed by atoms with Gasteiger partial charge in [-0.25, -0.2) is 0 Å². The van der Waals surface area contributed by atoms with Gasteiger partial charge in [-0.15, -0.1) is 0 Å². The summed E-state index contributed by atoms with van der Waals surface area (Å²) in [6, 6.07) is 11.7. The first-order chi connectivity index (χ1) is 12.0. The van der Waals surface area contributed by atoms with Gasteiger partial charge in [-0.1, -0.05) is 41.6 Å². The largest absolute Gasteiger partial charge is 0.488 e. The molecule has 2 aromatic rings. The average molecular weight is 340 g/mol. The van der Waals surface area contributed by atoms with Gasteiger partial charge in [-0.2, -0.15) is 0 Å². The number of hydrogen-bond acceptors (Lipinski definition) is 4. The van der Waals surface area contributed by atoms with Crippen molar-refractivity contribution < 1.29 is 14.4 Å². The molecule has 0 aliphatic heterocycles. The van der Waals surface area contributed by atoms with Crippen molar-refractivity contribution in [3.8, 4) is 5.75 Å². The molecule has 5 heteroatoms. The SMILES string of the molecule is CNC(=O)C(=NOC)c1ccccc1COc1c(C)ccc(C)c1C. The number of amides is 1.